The van der Waals surface area contributed by atoms with Crippen LogP contribution in [0.4, 0.5) is 11.8 Å². The van der Waals surface area contributed by atoms with Crippen LogP contribution in [-0.2, 0) is 0 Å². The van der Waals surface area contributed by atoms with Gasteiger partial charge in [0.15, 0.2) is 11.5 Å². The molecule has 8 heteroatoms. The third kappa shape index (κ3) is 3.33. The fraction of sp³-hybridized carbons (Fsp3) is 0.333. The Labute approximate surface area is 133 Å². The molecule has 114 valence electrons. The lowest BCUT2D eigenvalue weighted by atomic mass is 10.3. The molecule has 0 bridgehead atoms. The molecule has 0 aromatic carbocycles. The smallest absolute Gasteiger partial charge is 0.226 e. The lowest BCUT2D eigenvalue weighted by Crippen LogP contribution is -2.32. The van der Waals surface area contributed by atoms with Crippen molar-refractivity contribution in [3.63, 3.8) is 0 Å². The molecular formula is C15H14N8. The van der Waals surface area contributed by atoms with Gasteiger partial charge in [-0.15, -0.1) is 10.2 Å². The summed E-state index contributed by atoms with van der Waals surface area (Å²) < 4.78 is 0. The molecule has 2 aromatic rings. The number of rotatable bonds is 2. The highest BCUT2D eigenvalue weighted by atomic mass is 15.3. The Balaban J connectivity index is 1.71. The monoisotopic (exact) mass is 306 g/mol. The first kappa shape index (κ1) is 14.7. The summed E-state index contributed by atoms with van der Waals surface area (Å²) >= 11 is 0. The van der Waals surface area contributed by atoms with Gasteiger partial charge < -0.3 is 9.80 Å². The highest BCUT2D eigenvalue weighted by molar-refractivity contribution is 5.41. The summed E-state index contributed by atoms with van der Waals surface area (Å²) in [6.45, 7) is 3.14. The van der Waals surface area contributed by atoms with Crippen LogP contribution in [0.1, 0.15) is 17.8 Å². The van der Waals surface area contributed by atoms with E-state index in [0.29, 0.717) is 17.3 Å². The molecule has 0 amide bonds. The maximum absolute atomic E-state index is 8.94. The quantitative estimate of drug-likeness (QED) is 0.799. The van der Waals surface area contributed by atoms with Crippen LogP contribution in [0, 0.1) is 22.7 Å². The summed E-state index contributed by atoms with van der Waals surface area (Å²) in [6.07, 6.45) is 2.53. The number of anilines is 2. The summed E-state index contributed by atoms with van der Waals surface area (Å²) in [5.41, 5.74) is 0.681. The van der Waals surface area contributed by atoms with Crippen LogP contribution in [-0.4, -0.2) is 46.3 Å². The average molecular weight is 306 g/mol. The van der Waals surface area contributed by atoms with Gasteiger partial charge in [-0.1, -0.05) is 0 Å². The zero-order valence-electron chi connectivity index (χ0n) is 12.4. The lowest BCUT2D eigenvalue weighted by molar-refractivity contribution is 0.779. The van der Waals surface area contributed by atoms with Crippen LogP contribution >= 0.6 is 0 Å². The molecule has 0 unspecified atom stereocenters. The molecule has 0 N–H and O–H groups in total. The maximum Gasteiger partial charge on any atom is 0.226 e. The van der Waals surface area contributed by atoms with Crippen LogP contribution in [0.3, 0.4) is 0 Å². The molecule has 3 heterocycles. The number of hydrogen-bond donors (Lipinski definition) is 0. The van der Waals surface area contributed by atoms with Crippen LogP contribution in [0.2, 0.25) is 0 Å². The Hall–Kier alpha value is -3.26. The van der Waals surface area contributed by atoms with E-state index in [-0.39, 0.29) is 0 Å². The van der Waals surface area contributed by atoms with Crippen molar-refractivity contribution >= 4 is 11.8 Å². The summed E-state index contributed by atoms with van der Waals surface area (Å²) in [4.78, 5) is 12.7. The number of nitriles is 2. The number of nitrogens with zero attached hydrogens (tertiary/aromatic N) is 8. The van der Waals surface area contributed by atoms with Crippen molar-refractivity contribution < 1.29 is 0 Å². The molecule has 0 radical (unpaired) electrons. The van der Waals surface area contributed by atoms with E-state index in [1.165, 1.54) is 0 Å². The Morgan fingerprint density at radius 2 is 1.65 bits per heavy atom. The highest BCUT2D eigenvalue weighted by Gasteiger charge is 2.18. The fourth-order valence-electron chi connectivity index (χ4n) is 2.46. The molecule has 2 aromatic heterocycles. The van der Waals surface area contributed by atoms with Crippen molar-refractivity contribution in [1.29, 1.82) is 10.5 Å². The van der Waals surface area contributed by atoms with Gasteiger partial charge in [0.25, 0.3) is 0 Å². The van der Waals surface area contributed by atoms with Gasteiger partial charge in [-0.25, -0.2) is 9.97 Å². The van der Waals surface area contributed by atoms with Gasteiger partial charge in [-0.05, 0) is 24.6 Å². The van der Waals surface area contributed by atoms with E-state index >= 15 is 0 Å². The van der Waals surface area contributed by atoms with Crippen molar-refractivity contribution in [2.24, 2.45) is 0 Å². The van der Waals surface area contributed by atoms with E-state index in [1.807, 2.05) is 18.2 Å². The molecule has 8 nitrogen and oxygen atoms in total. The van der Waals surface area contributed by atoms with Crippen molar-refractivity contribution in [2.75, 3.05) is 36.0 Å². The van der Waals surface area contributed by atoms with Crippen molar-refractivity contribution in [3.05, 3.63) is 35.8 Å². The standard InChI is InChI=1S/C15H14N8/c16-10-12-4-5-18-15(19-12)23-7-1-6-22(8-9-23)14-3-2-13(11-17)20-21-14/h2-5H,1,6-9H2. The van der Waals surface area contributed by atoms with Gasteiger partial charge in [-0.2, -0.15) is 10.5 Å². The van der Waals surface area contributed by atoms with E-state index < -0.39 is 0 Å². The minimum Gasteiger partial charge on any atom is -0.353 e. The Bertz CT molecular complexity index is 758. The molecule has 0 spiro atoms. The molecule has 0 atom stereocenters. The highest BCUT2D eigenvalue weighted by Crippen LogP contribution is 2.16. The number of aromatic nitrogens is 4. The van der Waals surface area contributed by atoms with Crippen molar-refractivity contribution in [3.8, 4) is 12.1 Å². The molecule has 1 fully saturated rings. The summed E-state index contributed by atoms with van der Waals surface area (Å²) in [6, 6.07) is 9.08. The molecule has 3 rings (SSSR count). The molecule has 0 saturated carbocycles. The SMILES string of the molecule is N#Cc1ccc(N2CCCN(c3nccc(C#N)n3)CC2)nn1. The van der Waals surface area contributed by atoms with Gasteiger partial charge >= 0.3 is 0 Å². The minimum absolute atomic E-state index is 0.312. The summed E-state index contributed by atoms with van der Waals surface area (Å²) in [5.74, 6) is 1.34. The van der Waals surface area contributed by atoms with E-state index in [2.05, 4.69) is 30.0 Å². The summed E-state index contributed by atoms with van der Waals surface area (Å²) in [5, 5.41) is 25.7. The predicted molar refractivity (Wildman–Crippen MR) is 82.5 cm³/mol. The van der Waals surface area contributed by atoms with Crippen LogP contribution < -0.4 is 9.80 Å². The average Bonchev–Trinajstić information content (AvgIpc) is 2.88. The minimum atomic E-state index is 0.312. The summed E-state index contributed by atoms with van der Waals surface area (Å²) in [7, 11) is 0. The first-order chi connectivity index (χ1) is 11.3. The first-order valence-electron chi connectivity index (χ1n) is 7.27. The Morgan fingerprint density at radius 1 is 0.870 bits per heavy atom. The zero-order valence-corrected chi connectivity index (χ0v) is 12.4. The maximum atomic E-state index is 8.94. The number of hydrogen-bond acceptors (Lipinski definition) is 8. The van der Waals surface area contributed by atoms with Gasteiger partial charge in [-0.3, -0.25) is 0 Å². The van der Waals surface area contributed by atoms with E-state index in [9.17, 15) is 0 Å². The molecule has 23 heavy (non-hydrogen) atoms. The lowest BCUT2D eigenvalue weighted by Gasteiger charge is -2.22. The van der Waals surface area contributed by atoms with Gasteiger partial charge in [0, 0.05) is 32.4 Å². The van der Waals surface area contributed by atoms with Gasteiger partial charge in [0.1, 0.15) is 17.8 Å². The largest absolute Gasteiger partial charge is 0.353 e. The van der Waals surface area contributed by atoms with Crippen LogP contribution in [0.25, 0.3) is 0 Å². The molecule has 1 aliphatic heterocycles. The topological polar surface area (TPSA) is 106 Å². The fourth-order valence-corrected chi connectivity index (χ4v) is 2.46. The van der Waals surface area contributed by atoms with Crippen LogP contribution in [0.15, 0.2) is 24.4 Å². The van der Waals surface area contributed by atoms with Crippen molar-refractivity contribution in [1.82, 2.24) is 20.2 Å². The third-order valence-electron chi connectivity index (χ3n) is 3.63. The van der Waals surface area contributed by atoms with Crippen LogP contribution in [0.5, 0.6) is 0 Å². The second-order valence-electron chi connectivity index (χ2n) is 5.07. The second kappa shape index (κ2) is 6.67. The second-order valence-corrected chi connectivity index (χ2v) is 5.07. The first-order valence-corrected chi connectivity index (χ1v) is 7.27. The van der Waals surface area contributed by atoms with E-state index in [4.69, 9.17) is 10.5 Å². The zero-order chi connectivity index (χ0) is 16.1. The Morgan fingerprint density at radius 3 is 2.39 bits per heavy atom. The van der Waals surface area contributed by atoms with E-state index in [1.54, 1.807) is 18.3 Å². The molecular weight excluding hydrogens is 292 g/mol. The normalized spacial score (nSPS) is 14.7. The Kier molecular flexibility index (Phi) is 4.25. The molecule has 1 saturated heterocycles. The predicted octanol–water partition coefficient (Wildman–Crippen LogP) is 0.727. The third-order valence-corrected chi connectivity index (χ3v) is 3.63. The van der Waals surface area contributed by atoms with Gasteiger partial charge in [0.2, 0.25) is 5.95 Å². The molecule has 0 aliphatic carbocycles. The van der Waals surface area contributed by atoms with E-state index in [0.717, 1.165) is 38.4 Å². The van der Waals surface area contributed by atoms with Crippen molar-refractivity contribution in [2.45, 2.75) is 6.42 Å². The van der Waals surface area contributed by atoms with Gasteiger partial charge in [0.05, 0.1) is 0 Å². The molecule has 1 aliphatic rings.